The van der Waals surface area contributed by atoms with Gasteiger partial charge in [-0.25, -0.2) is 0 Å². The van der Waals surface area contributed by atoms with Crippen LogP contribution in [-0.4, -0.2) is 28.7 Å². The smallest absolute Gasteiger partial charge is 0.225 e. The first-order valence-electron chi connectivity index (χ1n) is 4.53. The van der Waals surface area contributed by atoms with Crippen molar-refractivity contribution in [1.82, 2.24) is 4.90 Å². The first-order chi connectivity index (χ1) is 5.66. The van der Waals surface area contributed by atoms with Crippen molar-refractivity contribution in [3.63, 3.8) is 0 Å². The van der Waals surface area contributed by atoms with E-state index in [-0.39, 0.29) is 5.92 Å². The van der Waals surface area contributed by atoms with Crippen molar-refractivity contribution in [2.24, 2.45) is 5.92 Å². The quantitative estimate of drug-likeness (QED) is 0.681. The van der Waals surface area contributed by atoms with E-state index in [0.717, 1.165) is 11.9 Å². The van der Waals surface area contributed by atoms with Gasteiger partial charge in [0.2, 0.25) is 5.91 Å². The first kappa shape index (κ1) is 10.0. The standard InChI is InChI=1S/C9H16BrNO/c1-7(2)9(12)11(6-5-10)8-3-4-8/h7-8H,3-6H2,1-2H3. The third-order valence-corrected chi connectivity index (χ3v) is 2.44. The lowest BCUT2D eigenvalue weighted by Crippen LogP contribution is -2.37. The molecule has 0 bridgehead atoms. The van der Waals surface area contributed by atoms with Gasteiger partial charge in [0.15, 0.2) is 0 Å². The number of hydrogen-bond acceptors (Lipinski definition) is 1. The van der Waals surface area contributed by atoms with Gasteiger partial charge in [0.25, 0.3) is 0 Å². The Balaban J connectivity index is 2.46. The predicted octanol–water partition coefficient (Wildman–Crippen LogP) is 2.03. The summed E-state index contributed by atoms with van der Waals surface area (Å²) >= 11 is 3.37. The summed E-state index contributed by atoms with van der Waals surface area (Å²) in [5, 5.41) is 0.891. The molecule has 2 nitrogen and oxygen atoms in total. The monoisotopic (exact) mass is 233 g/mol. The summed E-state index contributed by atoms with van der Waals surface area (Å²) in [4.78, 5) is 13.6. The number of carbonyl (C=O) groups excluding carboxylic acids is 1. The molecule has 1 fully saturated rings. The zero-order valence-electron chi connectivity index (χ0n) is 7.72. The third kappa shape index (κ3) is 2.47. The largest absolute Gasteiger partial charge is 0.339 e. The van der Waals surface area contributed by atoms with Crippen molar-refractivity contribution in [3.05, 3.63) is 0 Å². The summed E-state index contributed by atoms with van der Waals surface area (Å²) in [7, 11) is 0. The highest BCUT2D eigenvalue weighted by Crippen LogP contribution is 2.27. The Kier molecular flexibility index (Phi) is 3.56. The molecule has 1 aliphatic rings. The molecule has 0 saturated heterocycles. The topological polar surface area (TPSA) is 20.3 Å². The van der Waals surface area contributed by atoms with E-state index in [2.05, 4.69) is 15.9 Å². The normalized spacial score (nSPS) is 16.7. The molecular weight excluding hydrogens is 218 g/mol. The maximum absolute atomic E-state index is 11.6. The maximum Gasteiger partial charge on any atom is 0.225 e. The summed E-state index contributed by atoms with van der Waals surface area (Å²) in [6.07, 6.45) is 2.40. The van der Waals surface area contributed by atoms with Crippen LogP contribution in [-0.2, 0) is 4.79 Å². The Morgan fingerprint density at radius 2 is 2.17 bits per heavy atom. The molecule has 0 N–H and O–H groups in total. The van der Waals surface area contributed by atoms with E-state index in [1.54, 1.807) is 0 Å². The van der Waals surface area contributed by atoms with Crippen LogP contribution in [0.25, 0.3) is 0 Å². The van der Waals surface area contributed by atoms with Crippen molar-refractivity contribution in [2.45, 2.75) is 32.7 Å². The number of nitrogens with zero attached hydrogens (tertiary/aromatic N) is 1. The van der Waals surface area contributed by atoms with Crippen molar-refractivity contribution >= 4 is 21.8 Å². The van der Waals surface area contributed by atoms with E-state index in [4.69, 9.17) is 0 Å². The molecule has 0 aromatic rings. The zero-order chi connectivity index (χ0) is 9.14. The molecule has 0 spiro atoms. The zero-order valence-corrected chi connectivity index (χ0v) is 9.30. The molecule has 0 aromatic heterocycles. The van der Waals surface area contributed by atoms with Crippen LogP contribution in [0.3, 0.4) is 0 Å². The van der Waals surface area contributed by atoms with Crippen LogP contribution in [0.5, 0.6) is 0 Å². The second kappa shape index (κ2) is 4.26. The lowest BCUT2D eigenvalue weighted by Gasteiger charge is -2.23. The average molecular weight is 234 g/mol. The third-order valence-electron chi connectivity index (χ3n) is 2.09. The van der Waals surface area contributed by atoms with Crippen LogP contribution in [0.2, 0.25) is 0 Å². The fraction of sp³-hybridized carbons (Fsp3) is 0.889. The molecule has 0 unspecified atom stereocenters. The molecule has 0 aromatic carbocycles. The Morgan fingerprint density at radius 1 is 1.58 bits per heavy atom. The minimum absolute atomic E-state index is 0.143. The van der Waals surface area contributed by atoms with Crippen molar-refractivity contribution in [1.29, 1.82) is 0 Å². The number of rotatable bonds is 4. The Hall–Kier alpha value is -0.0500. The van der Waals surface area contributed by atoms with Gasteiger partial charge < -0.3 is 4.90 Å². The highest BCUT2D eigenvalue weighted by molar-refractivity contribution is 9.09. The van der Waals surface area contributed by atoms with E-state index in [1.807, 2.05) is 18.7 Å². The Bertz CT molecular complexity index is 166. The Morgan fingerprint density at radius 3 is 2.50 bits per heavy atom. The SMILES string of the molecule is CC(C)C(=O)N(CCBr)C1CC1. The van der Waals surface area contributed by atoms with Crippen molar-refractivity contribution in [3.8, 4) is 0 Å². The van der Waals surface area contributed by atoms with E-state index >= 15 is 0 Å². The van der Waals surface area contributed by atoms with Gasteiger partial charge in [0, 0.05) is 23.8 Å². The number of alkyl halides is 1. The molecule has 3 heteroatoms. The molecule has 0 heterocycles. The maximum atomic E-state index is 11.6. The minimum Gasteiger partial charge on any atom is -0.339 e. The van der Waals surface area contributed by atoms with Gasteiger partial charge in [-0.15, -0.1) is 0 Å². The second-order valence-corrected chi connectivity index (χ2v) is 4.40. The summed E-state index contributed by atoms with van der Waals surface area (Å²) in [5.74, 6) is 0.446. The summed E-state index contributed by atoms with van der Waals surface area (Å²) < 4.78 is 0. The minimum atomic E-state index is 0.143. The fourth-order valence-corrected chi connectivity index (χ4v) is 1.66. The first-order valence-corrected chi connectivity index (χ1v) is 5.65. The van der Waals surface area contributed by atoms with Crippen molar-refractivity contribution in [2.75, 3.05) is 11.9 Å². The number of halogens is 1. The molecule has 70 valence electrons. The molecule has 1 saturated carbocycles. The van der Waals surface area contributed by atoms with Crippen LogP contribution >= 0.6 is 15.9 Å². The van der Waals surface area contributed by atoms with Crippen LogP contribution < -0.4 is 0 Å². The highest BCUT2D eigenvalue weighted by Gasteiger charge is 2.32. The molecule has 0 aliphatic heterocycles. The van der Waals surface area contributed by atoms with Crippen LogP contribution in [0, 0.1) is 5.92 Å². The van der Waals surface area contributed by atoms with E-state index in [1.165, 1.54) is 12.8 Å². The lowest BCUT2D eigenvalue weighted by molar-refractivity contribution is -0.134. The molecule has 1 aliphatic carbocycles. The van der Waals surface area contributed by atoms with Gasteiger partial charge in [-0.3, -0.25) is 4.79 Å². The van der Waals surface area contributed by atoms with Gasteiger partial charge in [0.1, 0.15) is 0 Å². The average Bonchev–Trinajstić information content (AvgIpc) is 2.81. The molecule has 1 rings (SSSR count). The van der Waals surface area contributed by atoms with Gasteiger partial charge in [-0.2, -0.15) is 0 Å². The van der Waals surface area contributed by atoms with E-state index in [9.17, 15) is 4.79 Å². The summed E-state index contributed by atoms with van der Waals surface area (Å²) in [5.41, 5.74) is 0. The molecule has 1 amide bonds. The van der Waals surface area contributed by atoms with Gasteiger partial charge in [-0.1, -0.05) is 29.8 Å². The Labute approximate surface area is 82.4 Å². The van der Waals surface area contributed by atoms with Gasteiger partial charge >= 0.3 is 0 Å². The van der Waals surface area contributed by atoms with Gasteiger partial charge in [0.05, 0.1) is 0 Å². The molecule has 12 heavy (non-hydrogen) atoms. The van der Waals surface area contributed by atoms with E-state index < -0.39 is 0 Å². The summed E-state index contributed by atoms with van der Waals surface area (Å²) in [6.45, 7) is 4.79. The molecule has 0 atom stereocenters. The van der Waals surface area contributed by atoms with Crippen LogP contribution in [0.1, 0.15) is 26.7 Å². The van der Waals surface area contributed by atoms with E-state index in [0.29, 0.717) is 11.9 Å². The number of carbonyl (C=O) groups is 1. The fourth-order valence-electron chi connectivity index (χ4n) is 1.28. The number of amides is 1. The summed E-state index contributed by atoms with van der Waals surface area (Å²) in [6, 6.07) is 0.553. The second-order valence-electron chi connectivity index (χ2n) is 3.61. The van der Waals surface area contributed by atoms with Crippen LogP contribution in [0.15, 0.2) is 0 Å². The highest BCUT2D eigenvalue weighted by atomic mass is 79.9. The van der Waals surface area contributed by atoms with Crippen LogP contribution in [0.4, 0.5) is 0 Å². The predicted molar refractivity (Wildman–Crippen MR) is 53.4 cm³/mol. The van der Waals surface area contributed by atoms with Gasteiger partial charge in [-0.05, 0) is 12.8 Å². The lowest BCUT2D eigenvalue weighted by atomic mass is 10.2. The number of hydrogen-bond donors (Lipinski definition) is 0. The molecule has 0 radical (unpaired) electrons. The van der Waals surface area contributed by atoms with Crippen molar-refractivity contribution < 1.29 is 4.79 Å². The molecular formula is C9H16BrNO.